The third-order valence-corrected chi connectivity index (χ3v) is 6.48. The van der Waals surface area contributed by atoms with E-state index in [-0.39, 0.29) is 37.6 Å². The Morgan fingerprint density at radius 1 is 0.976 bits per heavy atom. The second kappa shape index (κ2) is 13.2. The van der Waals surface area contributed by atoms with E-state index in [2.05, 4.69) is 10.6 Å². The lowest BCUT2D eigenvalue weighted by Gasteiger charge is -2.27. The molecule has 0 saturated carbocycles. The Hall–Kier alpha value is -4.81. The SMILES string of the molecule is O=C(O)NC1CCN(C(=O)CN(CC(=O)NCc2cc(F)cc(C(F)(F)F)c2)c2ccc(Oc3ccccc3)cc2)C1. The summed E-state index contributed by atoms with van der Waals surface area (Å²) in [5, 5.41) is 13.8. The van der Waals surface area contributed by atoms with Crippen molar-refractivity contribution in [3.8, 4) is 11.5 Å². The number of rotatable bonds is 10. The van der Waals surface area contributed by atoms with Gasteiger partial charge in [-0.25, -0.2) is 9.18 Å². The molecule has 0 aromatic heterocycles. The molecular weight excluding hydrogens is 560 g/mol. The van der Waals surface area contributed by atoms with E-state index in [0.29, 0.717) is 36.2 Å². The molecular formula is C29H28F4N4O5. The summed E-state index contributed by atoms with van der Waals surface area (Å²) in [6.07, 6.45) is -5.49. The highest BCUT2D eigenvalue weighted by atomic mass is 19.4. The number of benzene rings is 3. The van der Waals surface area contributed by atoms with Gasteiger partial charge in [0.1, 0.15) is 17.3 Å². The fraction of sp³-hybridized carbons (Fsp3) is 0.276. The third kappa shape index (κ3) is 8.59. The van der Waals surface area contributed by atoms with Crippen LogP contribution in [0.4, 0.5) is 28.0 Å². The smallest absolute Gasteiger partial charge is 0.416 e. The Morgan fingerprint density at radius 3 is 2.33 bits per heavy atom. The fourth-order valence-corrected chi connectivity index (χ4v) is 4.48. The Kier molecular flexibility index (Phi) is 9.50. The molecule has 3 aromatic rings. The number of nitrogens with zero attached hydrogens (tertiary/aromatic N) is 2. The Bertz CT molecular complexity index is 1400. The lowest BCUT2D eigenvalue weighted by atomic mass is 10.1. The monoisotopic (exact) mass is 588 g/mol. The maximum Gasteiger partial charge on any atom is 0.416 e. The molecule has 1 unspecified atom stereocenters. The summed E-state index contributed by atoms with van der Waals surface area (Å²) < 4.78 is 58.7. The van der Waals surface area contributed by atoms with Crippen LogP contribution in [0.5, 0.6) is 11.5 Å². The molecule has 9 nitrogen and oxygen atoms in total. The van der Waals surface area contributed by atoms with Crippen LogP contribution in [0.15, 0.2) is 72.8 Å². The predicted molar refractivity (Wildman–Crippen MR) is 145 cm³/mol. The van der Waals surface area contributed by atoms with Crippen molar-refractivity contribution in [3.63, 3.8) is 0 Å². The standard InChI is InChI=1S/C29H28F4N4O5/c30-21-13-19(12-20(14-21)29(31,32)33)15-34-26(38)17-37(18-27(39)36-11-10-22(16-36)35-28(40)41)23-6-8-25(9-7-23)42-24-4-2-1-3-5-24/h1-9,12-14,22,35H,10-11,15-18H2,(H,34,38)(H,40,41). The molecule has 1 saturated heterocycles. The second-order valence-electron chi connectivity index (χ2n) is 9.66. The van der Waals surface area contributed by atoms with E-state index in [9.17, 15) is 31.9 Å². The van der Waals surface area contributed by atoms with Crippen molar-refractivity contribution in [2.45, 2.75) is 25.2 Å². The molecule has 3 N–H and O–H groups in total. The van der Waals surface area contributed by atoms with Gasteiger partial charge >= 0.3 is 12.3 Å². The number of hydrogen-bond acceptors (Lipinski definition) is 5. The minimum Gasteiger partial charge on any atom is -0.465 e. The van der Waals surface area contributed by atoms with Crippen molar-refractivity contribution in [1.82, 2.24) is 15.5 Å². The predicted octanol–water partition coefficient (Wildman–Crippen LogP) is 4.63. The maximum atomic E-state index is 13.8. The minimum atomic E-state index is -4.75. The molecule has 4 rings (SSSR count). The average Bonchev–Trinajstić information content (AvgIpc) is 3.40. The number of ether oxygens (including phenoxy) is 1. The molecule has 1 aliphatic heterocycles. The highest BCUT2D eigenvalue weighted by Crippen LogP contribution is 2.30. The van der Waals surface area contributed by atoms with Gasteiger partial charge in [-0.3, -0.25) is 9.59 Å². The average molecular weight is 589 g/mol. The molecule has 1 atom stereocenters. The van der Waals surface area contributed by atoms with E-state index in [0.717, 1.165) is 12.1 Å². The summed E-state index contributed by atoms with van der Waals surface area (Å²) in [6.45, 7) is -0.425. The number of halogens is 4. The summed E-state index contributed by atoms with van der Waals surface area (Å²) in [5.74, 6) is -0.921. The van der Waals surface area contributed by atoms with Crippen LogP contribution in [-0.2, 0) is 22.3 Å². The normalized spacial score (nSPS) is 14.8. The van der Waals surface area contributed by atoms with Gasteiger partial charge < -0.3 is 30.3 Å². The van der Waals surface area contributed by atoms with Crippen LogP contribution in [0.3, 0.4) is 0 Å². The van der Waals surface area contributed by atoms with E-state index < -0.39 is 35.6 Å². The molecule has 0 bridgehead atoms. The number of para-hydroxylation sites is 1. The number of nitrogens with one attached hydrogen (secondary N) is 2. The molecule has 1 fully saturated rings. The van der Waals surface area contributed by atoms with Crippen molar-refractivity contribution in [1.29, 1.82) is 0 Å². The fourth-order valence-electron chi connectivity index (χ4n) is 4.48. The van der Waals surface area contributed by atoms with Gasteiger partial charge in [-0.2, -0.15) is 13.2 Å². The topological polar surface area (TPSA) is 111 Å². The number of likely N-dealkylation sites (tertiary alicyclic amines) is 1. The van der Waals surface area contributed by atoms with Gasteiger partial charge in [0.15, 0.2) is 0 Å². The Labute approximate surface area is 238 Å². The number of amides is 3. The third-order valence-electron chi connectivity index (χ3n) is 6.48. The minimum absolute atomic E-state index is 0.0743. The first-order valence-corrected chi connectivity index (χ1v) is 12.9. The molecule has 42 heavy (non-hydrogen) atoms. The summed E-state index contributed by atoms with van der Waals surface area (Å²) in [5.41, 5.74) is -0.753. The molecule has 0 radical (unpaired) electrons. The summed E-state index contributed by atoms with van der Waals surface area (Å²) in [7, 11) is 0. The summed E-state index contributed by atoms with van der Waals surface area (Å²) >= 11 is 0. The lowest BCUT2D eigenvalue weighted by Crippen LogP contribution is -2.45. The number of carbonyl (C=O) groups excluding carboxylic acids is 2. The molecule has 1 aliphatic rings. The number of carboxylic acid groups (broad SMARTS) is 1. The van der Waals surface area contributed by atoms with E-state index >= 15 is 0 Å². The van der Waals surface area contributed by atoms with Gasteiger partial charge in [-0.1, -0.05) is 18.2 Å². The van der Waals surface area contributed by atoms with Crippen molar-refractivity contribution in [2.75, 3.05) is 31.1 Å². The van der Waals surface area contributed by atoms with Crippen LogP contribution in [-0.4, -0.2) is 60.1 Å². The Balaban J connectivity index is 1.45. The van der Waals surface area contributed by atoms with Crippen LogP contribution >= 0.6 is 0 Å². The first-order valence-electron chi connectivity index (χ1n) is 12.9. The molecule has 0 spiro atoms. The number of hydrogen-bond donors (Lipinski definition) is 3. The van der Waals surface area contributed by atoms with E-state index in [1.165, 1.54) is 9.80 Å². The number of alkyl halides is 3. The van der Waals surface area contributed by atoms with Gasteiger partial charge in [0.05, 0.1) is 24.7 Å². The number of carbonyl (C=O) groups is 3. The van der Waals surface area contributed by atoms with Crippen molar-refractivity contribution in [2.24, 2.45) is 0 Å². The van der Waals surface area contributed by atoms with Crippen LogP contribution in [0.25, 0.3) is 0 Å². The van der Waals surface area contributed by atoms with Crippen molar-refractivity contribution >= 4 is 23.6 Å². The highest BCUT2D eigenvalue weighted by Gasteiger charge is 2.31. The van der Waals surface area contributed by atoms with E-state index in [1.807, 2.05) is 18.2 Å². The first kappa shape index (κ1) is 30.2. The molecule has 222 valence electrons. The van der Waals surface area contributed by atoms with Gasteiger partial charge in [0.25, 0.3) is 0 Å². The van der Waals surface area contributed by atoms with Crippen LogP contribution in [0, 0.1) is 5.82 Å². The van der Waals surface area contributed by atoms with Gasteiger partial charge in [0.2, 0.25) is 11.8 Å². The van der Waals surface area contributed by atoms with Crippen LogP contribution in [0.1, 0.15) is 17.5 Å². The van der Waals surface area contributed by atoms with Crippen LogP contribution < -0.4 is 20.3 Å². The molecule has 13 heteroatoms. The molecule has 1 heterocycles. The quantitative estimate of drug-likeness (QED) is 0.298. The van der Waals surface area contributed by atoms with E-state index in [1.54, 1.807) is 36.4 Å². The van der Waals surface area contributed by atoms with E-state index in [4.69, 9.17) is 9.84 Å². The number of anilines is 1. The van der Waals surface area contributed by atoms with Gasteiger partial charge in [0, 0.05) is 25.3 Å². The molecule has 0 aliphatic carbocycles. The molecule has 3 amide bonds. The van der Waals surface area contributed by atoms with Crippen LogP contribution in [0.2, 0.25) is 0 Å². The zero-order valence-corrected chi connectivity index (χ0v) is 22.2. The highest BCUT2D eigenvalue weighted by molar-refractivity contribution is 5.86. The maximum absolute atomic E-state index is 13.8. The largest absolute Gasteiger partial charge is 0.465 e. The molecule has 3 aromatic carbocycles. The van der Waals surface area contributed by atoms with Crippen molar-refractivity contribution in [3.05, 3.63) is 89.7 Å². The zero-order valence-electron chi connectivity index (χ0n) is 22.2. The van der Waals surface area contributed by atoms with Gasteiger partial charge in [-0.15, -0.1) is 0 Å². The van der Waals surface area contributed by atoms with Crippen molar-refractivity contribution < 1.29 is 41.8 Å². The first-order chi connectivity index (χ1) is 20.0. The zero-order chi connectivity index (χ0) is 30.3. The summed E-state index contributed by atoms with van der Waals surface area (Å²) in [6, 6.07) is 17.3. The van der Waals surface area contributed by atoms with Gasteiger partial charge in [-0.05, 0) is 66.6 Å². The second-order valence-corrected chi connectivity index (χ2v) is 9.66. The Morgan fingerprint density at radius 2 is 1.67 bits per heavy atom. The summed E-state index contributed by atoms with van der Waals surface area (Å²) in [4.78, 5) is 39.9. The lowest BCUT2D eigenvalue weighted by molar-refractivity contribution is -0.137.